The summed E-state index contributed by atoms with van der Waals surface area (Å²) in [5.41, 5.74) is 0.526. The van der Waals surface area contributed by atoms with E-state index in [1.54, 1.807) is 22.2 Å². The van der Waals surface area contributed by atoms with Crippen LogP contribution in [0.2, 0.25) is 0 Å². The molecule has 0 aromatic carbocycles. The number of pyridine rings is 1. The zero-order valence-corrected chi connectivity index (χ0v) is 18.0. The van der Waals surface area contributed by atoms with Gasteiger partial charge in [0.2, 0.25) is 11.8 Å². The van der Waals surface area contributed by atoms with E-state index in [4.69, 9.17) is 0 Å². The molecule has 4 atom stereocenters. The molecule has 1 aliphatic carbocycles. The predicted octanol–water partition coefficient (Wildman–Crippen LogP) is 2.01. The molecule has 0 radical (unpaired) electrons. The molecule has 1 saturated carbocycles. The fraction of sp³-hybridized carbons (Fsp3) is 0.545. The first kappa shape index (κ1) is 20.4. The predicted molar refractivity (Wildman–Crippen MR) is 115 cm³/mol. The van der Waals surface area contributed by atoms with E-state index in [-0.39, 0.29) is 35.9 Å². The number of thiazole rings is 1. The van der Waals surface area contributed by atoms with Crippen molar-refractivity contribution in [2.75, 3.05) is 11.9 Å². The summed E-state index contributed by atoms with van der Waals surface area (Å²) in [7, 11) is 0. The maximum atomic E-state index is 13.7. The Morgan fingerprint density at radius 3 is 2.74 bits per heavy atom. The molecule has 31 heavy (non-hydrogen) atoms. The molecular formula is C22H26N4O4S. The first-order valence-electron chi connectivity index (χ1n) is 10.9. The Morgan fingerprint density at radius 1 is 1.23 bits per heavy atom. The highest BCUT2D eigenvalue weighted by Crippen LogP contribution is 2.49. The van der Waals surface area contributed by atoms with Crippen LogP contribution in [0.5, 0.6) is 0 Å². The van der Waals surface area contributed by atoms with Gasteiger partial charge < -0.3 is 19.9 Å². The first-order chi connectivity index (χ1) is 15.1. The number of carbonyl (C=O) groups excluding carboxylic acids is 2. The van der Waals surface area contributed by atoms with Crippen molar-refractivity contribution in [1.29, 1.82) is 0 Å². The third kappa shape index (κ3) is 3.40. The standard InChI is InChI=1S/C22H26N4O4S/c27-12-14-16-11-25-15(7-4-8-17(25)28)19(18(14)20(29)24-22-23-9-10-31-22)26(16)21(30)13-5-2-1-3-6-13/h4,7-10,13-14,16,18-19,27H,1-3,5-6,11-12H2,(H,23,24,29)/t14-,16-,18+,19+/m0/s1. The van der Waals surface area contributed by atoms with E-state index in [1.807, 2.05) is 11.0 Å². The van der Waals surface area contributed by atoms with Crippen molar-refractivity contribution in [3.05, 3.63) is 45.8 Å². The minimum absolute atomic E-state index is 0.0548. The van der Waals surface area contributed by atoms with Crippen LogP contribution in [0.25, 0.3) is 0 Å². The number of anilines is 1. The van der Waals surface area contributed by atoms with Gasteiger partial charge in [-0.2, -0.15) is 0 Å². The third-order valence-corrected chi connectivity index (χ3v) is 7.78. The maximum Gasteiger partial charge on any atom is 0.250 e. The lowest BCUT2D eigenvalue weighted by molar-refractivity contribution is -0.142. The molecule has 8 nitrogen and oxygen atoms in total. The largest absolute Gasteiger partial charge is 0.396 e. The number of nitrogens with one attached hydrogen (secondary N) is 1. The first-order valence-corrected chi connectivity index (χ1v) is 11.8. The Kier molecular flexibility index (Phi) is 5.39. The molecule has 2 aromatic rings. The van der Waals surface area contributed by atoms with Crippen molar-refractivity contribution in [2.24, 2.45) is 17.8 Å². The number of rotatable bonds is 4. The van der Waals surface area contributed by atoms with Gasteiger partial charge in [0.15, 0.2) is 5.13 Å². The molecule has 2 aromatic heterocycles. The number of amides is 2. The van der Waals surface area contributed by atoms with Gasteiger partial charge in [-0.25, -0.2) is 4.98 Å². The zero-order chi connectivity index (χ0) is 21.5. The molecule has 2 bridgehead atoms. The number of aliphatic hydroxyl groups is 1. The molecular weight excluding hydrogens is 416 g/mol. The highest BCUT2D eigenvalue weighted by Gasteiger charge is 2.58. The van der Waals surface area contributed by atoms with Crippen LogP contribution in [0.15, 0.2) is 34.6 Å². The van der Waals surface area contributed by atoms with Gasteiger partial charge in [-0.1, -0.05) is 25.3 Å². The van der Waals surface area contributed by atoms with Gasteiger partial charge in [0.25, 0.3) is 5.56 Å². The summed E-state index contributed by atoms with van der Waals surface area (Å²) >= 11 is 1.32. The number of fused-ring (bicyclic) bond motifs is 4. The van der Waals surface area contributed by atoms with Crippen LogP contribution in [0.4, 0.5) is 5.13 Å². The zero-order valence-electron chi connectivity index (χ0n) is 17.1. The van der Waals surface area contributed by atoms with Crippen molar-refractivity contribution < 1.29 is 14.7 Å². The lowest BCUT2D eigenvalue weighted by atomic mass is 9.86. The topological polar surface area (TPSA) is 105 Å². The monoisotopic (exact) mass is 442 g/mol. The van der Waals surface area contributed by atoms with E-state index in [0.717, 1.165) is 32.1 Å². The smallest absolute Gasteiger partial charge is 0.250 e. The van der Waals surface area contributed by atoms with Crippen molar-refractivity contribution in [2.45, 2.75) is 50.7 Å². The number of nitrogens with zero attached hydrogens (tertiary/aromatic N) is 3. The van der Waals surface area contributed by atoms with Crippen molar-refractivity contribution in [1.82, 2.24) is 14.5 Å². The molecule has 1 saturated heterocycles. The quantitative estimate of drug-likeness (QED) is 0.754. The van der Waals surface area contributed by atoms with Gasteiger partial charge in [0.05, 0.1) is 18.0 Å². The summed E-state index contributed by atoms with van der Waals surface area (Å²) in [5.74, 6) is -1.37. The molecule has 0 spiro atoms. The van der Waals surface area contributed by atoms with Crippen LogP contribution in [0, 0.1) is 17.8 Å². The van der Waals surface area contributed by atoms with Crippen LogP contribution in [-0.4, -0.2) is 44.0 Å². The Labute approximate surface area is 183 Å². The van der Waals surface area contributed by atoms with Gasteiger partial charge in [-0.15, -0.1) is 11.3 Å². The second-order valence-electron chi connectivity index (χ2n) is 8.69. The van der Waals surface area contributed by atoms with Crippen LogP contribution in [-0.2, 0) is 16.1 Å². The number of aliphatic hydroxyl groups excluding tert-OH is 1. The Hall–Kier alpha value is -2.52. The molecule has 2 fully saturated rings. The summed E-state index contributed by atoms with van der Waals surface area (Å²) in [6.07, 6.45) is 6.55. The Bertz CT molecular complexity index is 1030. The average Bonchev–Trinajstić information content (AvgIpc) is 3.37. The molecule has 164 valence electrons. The average molecular weight is 443 g/mol. The minimum Gasteiger partial charge on any atom is -0.396 e. The minimum atomic E-state index is -0.651. The van der Waals surface area contributed by atoms with Gasteiger partial charge in [0.1, 0.15) is 0 Å². The molecule has 2 N–H and O–H groups in total. The van der Waals surface area contributed by atoms with E-state index in [9.17, 15) is 19.5 Å². The molecule has 2 amide bonds. The molecule has 9 heteroatoms. The van der Waals surface area contributed by atoms with E-state index in [0.29, 0.717) is 17.4 Å². The molecule has 2 aliphatic heterocycles. The highest BCUT2D eigenvalue weighted by atomic mass is 32.1. The van der Waals surface area contributed by atoms with E-state index in [2.05, 4.69) is 10.3 Å². The summed E-state index contributed by atoms with van der Waals surface area (Å²) in [5, 5.41) is 15.4. The summed E-state index contributed by atoms with van der Waals surface area (Å²) in [6, 6.07) is 4.05. The Morgan fingerprint density at radius 2 is 2.03 bits per heavy atom. The number of carbonyl (C=O) groups is 2. The van der Waals surface area contributed by atoms with E-state index < -0.39 is 17.9 Å². The van der Waals surface area contributed by atoms with Gasteiger partial charge in [-0.05, 0) is 18.9 Å². The SMILES string of the molecule is O=C(Nc1nccs1)[C@@H]1[C@@H](CO)[C@@H]2Cn3c(cccc3=O)[C@H]1N2C(=O)C1CCCCC1. The number of hydrogen-bond acceptors (Lipinski definition) is 6. The normalized spacial score (nSPS) is 27.7. The second kappa shape index (κ2) is 8.20. The van der Waals surface area contributed by atoms with E-state index in [1.165, 1.54) is 17.4 Å². The fourth-order valence-electron chi connectivity index (χ4n) is 5.69. The molecule has 5 rings (SSSR count). The van der Waals surface area contributed by atoms with Crippen LogP contribution in [0.3, 0.4) is 0 Å². The van der Waals surface area contributed by atoms with Gasteiger partial charge in [-0.3, -0.25) is 14.4 Å². The van der Waals surface area contributed by atoms with Gasteiger partial charge in [0, 0.05) is 48.3 Å². The second-order valence-corrected chi connectivity index (χ2v) is 9.59. The number of hydrogen-bond donors (Lipinski definition) is 2. The van der Waals surface area contributed by atoms with E-state index >= 15 is 0 Å². The van der Waals surface area contributed by atoms with Crippen LogP contribution < -0.4 is 10.9 Å². The summed E-state index contributed by atoms with van der Waals surface area (Å²) in [4.78, 5) is 45.6. The lowest BCUT2D eigenvalue weighted by Gasteiger charge is -2.40. The Balaban J connectivity index is 1.57. The van der Waals surface area contributed by atoms with Gasteiger partial charge >= 0.3 is 0 Å². The van der Waals surface area contributed by atoms with Crippen molar-refractivity contribution >= 4 is 28.3 Å². The lowest BCUT2D eigenvalue weighted by Crippen LogP contribution is -2.51. The maximum absolute atomic E-state index is 13.7. The van der Waals surface area contributed by atoms with Crippen molar-refractivity contribution in [3.63, 3.8) is 0 Å². The summed E-state index contributed by atoms with van der Waals surface area (Å²) < 4.78 is 1.67. The highest BCUT2D eigenvalue weighted by molar-refractivity contribution is 7.13. The van der Waals surface area contributed by atoms with Crippen LogP contribution >= 0.6 is 11.3 Å². The fourth-order valence-corrected chi connectivity index (χ4v) is 6.23. The van der Waals surface area contributed by atoms with Crippen molar-refractivity contribution in [3.8, 4) is 0 Å². The van der Waals surface area contributed by atoms with Crippen LogP contribution in [0.1, 0.15) is 43.8 Å². The molecule has 4 heterocycles. The third-order valence-electron chi connectivity index (χ3n) is 7.09. The molecule has 0 unspecified atom stereocenters. The summed E-state index contributed by atoms with van der Waals surface area (Å²) in [6.45, 7) is 0.0739. The molecule has 3 aliphatic rings. The number of aromatic nitrogens is 2.